The summed E-state index contributed by atoms with van der Waals surface area (Å²) in [4.78, 5) is 24.9. The van der Waals surface area contributed by atoms with E-state index in [9.17, 15) is 18.0 Å². The first-order chi connectivity index (χ1) is 13.4. The van der Waals surface area contributed by atoms with Crippen LogP contribution in [0.5, 0.6) is 11.5 Å². The van der Waals surface area contributed by atoms with Gasteiger partial charge in [-0.15, -0.1) is 0 Å². The fourth-order valence-corrected chi connectivity index (χ4v) is 5.24. The number of hydrogen-bond acceptors (Lipinski definition) is 6. The Kier molecular flexibility index (Phi) is 4.80. The number of esters is 1. The Balaban J connectivity index is 1.46. The van der Waals surface area contributed by atoms with E-state index in [1.54, 1.807) is 24.3 Å². The van der Waals surface area contributed by atoms with E-state index in [0.29, 0.717) is 29.0 Å². The molecule has 0 bridgehead atoms. The van der Waals surface area contributed by atoms with E-state index < -0.39 is 40.3 Å². The fraction of sp³-hybridized carbons (Fsp3) is 0.300. The molecule has 0 radical (unpaired) electrons. The van der Waals surface area contributed by atoms with E-state index >= 15 is 0 Å². The van der Waals surface area contributed by atoms with E-state index in [0.717, 1.165) is 0 Å². The van der Waals surface area contributed by atoms with Gasteiger partial charge in [0.1, 0.15) is 17.4 Å². The molecule has 2 aromatic carbocycles. The van der Waals surface area contributed by atoms with Gasteiger partial charge in [-0.25, -0.2) is 8.42 Å². The molecule has 0 aromatic heterocycles. The largest absolute Gasteiger partial charge is 0.457 e. The summed E-state index contributed by atoms with van der Waals surface area (Å²) in [7, 11) is -3.09. The minimum absolute atomic E-state index is 0.0629. The highest BCUT2D eigenvalue weighted by molar-refractivity contribution is 7.91. The zero-order valence-corrected chi connectivity index (χ0v) is 15.8. The van der Waals surface area contributed by atoms with Crippen LogP contribution in [-0.4, -0.2) is 44.4 Å². The summed E-state index contributed by atoms with van der Waals surface area (Å²) < 4.78 is 34.1. The van der Waals surface area contributed by atoms with Crippen molar-refractivity contribution in [3.8, 4) is 11.5 Å². The maximum absolute atomic E-state index is 12.8. The average Bonchev–Trinajstić information content (AvgIpc) is 3.02. The number of rotatable bonds is 4. The summed E-state index contributed by atoms with van der Waals surface area (Å²) in [5.41, 5.74) is 1.35. The molecular formula is C20H19NO6S. The molecule has 2 aromatic rings. The monoisotopic (exact) mass is 401 g/mol. The first kappa shape index (κ1) is 18.5. The van der Waals surface area contributed by atoms with Gasteiger partial charge in [0.15, 0.2) is 16.4 Å². The second-order valence-corrected chi connectivity index (χ2v) is 9.11. The number of sulfone groups is 1. The van der Waals surface area contributed by atoms with Crippen molar-refractivity contribution >= 4 is 21.7 Å². The molecule has 2 aliphatic heterocycles. The van der Waals surface area contributed by atoms with Crippen molar-refractivity contribution in [3.63, 3.8) is 0 Å². The van der Waals surface area contributed by atoms with Gasteiger partial charge in [0.05, 0.1) is 11.5 Å². The van der Waals surface area contributed by atoms with Crippen LogP contribution in [0.2, 0.25) is 0 Å². The van der Waals surface area contributed by atoms with Gasteiger partial charge < -0.3 is 14.8 Å². The molecule has 1 amide bonds. The van der Waals surface area contributed by atoms with E-state index in [1.165, 1.54) is 0 Å². The van der Waals surface area contributed by atoms with Crippen LogP contribution in [0.1, 0.15) is 23.5 Å². The summed E-state index contributed by atoms with van der Waals surface area (Å²) in [6.45, 7) is -0.461. The number of carbonyl (C=O) groups is 2. The van der Waals surface area contributed by atoms with Gasteiger partial charge in [-0.05, 0) is 18.6 Å². The average molecular weight is 401 g/mol. The predicted molar refractivity (Wildman–Crippen MR) is 101 cm³/mol. The molecule has 0 saturated carbocycles. The highest BCUT2D eigenvalue weighted by Gasteiger charge is 2.34. The molecule has 0 aliphatic carbocycles. The van der Waals surface area contributed by atoms with Gasteiger partial charge in [0, 0.05) is 17.2 Å². The molecule has 8 heteroatoms. The Morgan fingerprint density at radius 1 is 1.04 bits per heavy atom. The SMILES string of the molecule is O=C(COC(=O)C1c2ccccc2Oc2ccccc21)N[C@@H]1CCS(=O)(=O)C1. The van der Waals surface area contributed by atoms with Crippen LogP contribution in [0, 0.1) is 0 Å². The molecule has 4 rings (SSSR count). The Morgan fingerprint density at radius 2 is 1.64 bits per heavy atom. The van der Waals surface area contributed by atoms with Gasteiger partial charge in [-0.1, -0.05) is 36.4 Å². The van der Waals surface area contributed by atoms with Crippen molar-refractivity contribution in [1.82, 2.24) is 5.32 Å². The standard InChI is InChI=1S/C20H19NO6S/c22-18(21-13-9-10-28(24,25)12-13)11-26-20(23)19-14-5-1-3-7-16(14)27-17-8-4-2-6-15(17)19/h1-8,13,19H,9-12H2,(H,21,22)/t13-/m1/s1. The third kappa shape index (κ3) is 3.73. The van der Waals surface area contributed by atoms with Crippen molar-refractivity contribution < 1.29 is 27.5 Å². The zero-order chi connectivity index (χ0) is 19.7. The van der Waals surface area contributed by atoms with Crippen LogP contribution in [-0.2, 0) is 24.2 Å². The van der Waals surface area contributed by atoms with Crippen LogP contribution < -0.4 is 10.1 Å². The molecule has 146 valence electrons. The normalized spacial score (nSPS) is 19.8. The minimum atomic E-state index is -3.09. The van der Waals surface area contributed by atoms with Crippen molar-refractivity contribution in [3.05, 3.63) is 59.7 Å². The fourth-order valence-electron chi connectivity index (χ4n) is 3.56. The van der Waals surface area contributed by atoms with E-state index in [4.69, 9.17) is 9.47 Å². The number of para-hydroxylation sites is 2. The van der Waals surface area contributed by atoms with Crippen molar-refractivity contribution in [2.45, 2.75) is 18.4 Å². The summed E-state index contributed by atoms with van der Waals surface area (Å²) in [6.07, 6.45) is 0.378. The van der Waals surface area contributed by atoms with Crippen LogP contribution in [0.15, 0.2) is 48.5 Å². The molecule has 0 spiro atoms. The predicted octanol–water partition coefficient (Wildman–Crippen LogP) is 1.77. The topological polar surface area (TPSA) is 98.8 Å². The summed E-state index contributed by atoms with van der Waals surface area (Å²) in [5.74, 6) is -0.629. The number of carbonyl (C=O) groups excluding carboxylic acids is 2. The number of hydrogen-bond donors (Lipinski definition) is 1. The number of benzene rings is 2. The lowest BCUT2D eigenvalue weighted by Crippen LogP contribution is -2.38. The van der Waals surface area contributed by atoms with Crippen LogP contribution in [0.4, 0.5) is 0 Å². The Hall–Kier alpha value is -2.87. The van der Waals surface area contributed by atoms with E-state index in [2.05, 4.69) is 5.32 Å². The third-order valence-electron chi connectivity index (χ3n) is 4.86. The van der Waals surface area contributed by atoms with Crippen LogP contribution >= 0.6 is 0 Å². The van der Waals surface area contributed by atoms with Crippen LogP contribution in [0.25, 0.3) is 0 Å². The van der Waals surface area contributed by atoms with Crippen molar-refractivity contribution in [1.29, 1.82) is 0 Å². The number of fused-ring (bicyclic) bond motifs is 2. The maximum atomic E-state index is 12.8. The lowest BCUT2D eigenvalue weighted by molar-refractivity contribution is -0.149. The Morgan fingerprint density at radius 3 is 2.21 bits per heavy atom. The highest BCUT2D eigenvalue weighted by Crippen LogP contribution is 2.44. The quantitative estimate of drug-likeness (QED) is 0.784. The molecular weight excluding hydrogens is 382 g/mol. The van der Waals surface area contributed by atoms with Crippen LogP contribution in [0.3, 0.4) is 0 Å². The van der Waals surface area contributed by atoms with Gasteiger partial charge in [0.25, 0.3) is 5.91 Å². The molecule has 1 saturated heterocycles. The molecule has 2 heterocycles. The van der Waals surface area contributed by atoms with Crippen molar-refractivity contribution in [2.75, 3.05) is 18.1 Å². The highest BCUT2D eigenvalue weighted by atomic mass is 32.2. The Bertz CT molecular complexity index is 987. The molecule has 0 unspecified atom stereocenters. The lowest BCUT2D eigenvalue weighted by atomic mass is 9.88. The zero-order valence-electron chi connectivity index (χ0n) is 15.0. The van der Waals surface area contributed by atoms with Gasteiger partial charge >= 0.3 is 5.97 Å². The van der Waals surface area contributed by atoms with Gasteiger partial charge in [-0.2, -0.15) is 0 Å². The number of nitrogens with one attached hydrogen (secondary N) is 1. The molecule has 1 fully saturated rings. The molecule has 28 heavy (non-hydrogen) atoms. The van der Waals surface area contributed by atoms with E-state index in [-0.39, 0.29) is 11.5 Å². The van der Waals surface area contributed by atoms with Gasteiger partial charge in [0.2, 0.25) is 0 Å². The molecule has 1 N–H and O–H groups in total. The molecule has 7 nitrogen and oxygen atoms in total. The first-order valence-electron chi connectivity index (χ1n) is 8.95. The molecule has 2 aliphatic rings. The summed E-state index contributed by atoms with van der Waals surface area (Å²) in [6, 6.07) is 14.0. The maximum Gasteiger partial charge on any atom is 0.318 e. The Labute approximate surface area is 162 Å². The lowest BCUT2D eigenvalue weighted by Gasteiger charge is -2.26. The summed E-state index contributed by atoms with van der Waals surface area (Å²) >= 11 is 0. The molecule has 1 atom stereocenters. The first-order valence-corrected chi connectivity index (χ1v) is 10.8. The smallest absolute Gasteiger partial charge is 0.318 e. The minimum Gasteiger partial charge on any atom is -0.457 e. The number of ether oxygens (including phenoxy) is 2. The van der Waals surface area contributed by atoms with E-state index in [1.807, 2.05) is 24.3 Å². The second-order valence-electron chi connectivity index (χ2n) is 6.89. The summed E-state index contributed by atoms with van der Waals surface area (Å²) in [5, 5.41) is 2.61. The van der Waals surface area contributed by atoms with Gasteiger partial charge in [-0.3, -0.25) is 9.59 Å². The third-order valence-corrected chi connectivity index (χ3v) is 6.63. The second kappa shape index (κ2) is 7.27. The number of amides is 1. The van der Waals surface area contributed by atoms with Crippen molar-refractivity contribution in [2.24, 2.45) is 0 Å².